The highest BCUT2D eigenvalue weighted by Gasteiger charge is 2.37. The van der Waals surface area contributed by atoms with E-state index in [2.05, 4.69) is 20.6 Å². The zero-order chi connectivity index (χ0) is 16.6. The van der Waals surface area contributed by atoms with Gasteiger partial charge in [-0.05, 0) is 13.3 Å². The van der Waals surface area contributed by atoms with Crippen molar-refractivity contribution in [3.63, 3.8) is 0 Å². The molecule has 9 nitrogen and oxygen atoms in total. The van der Waals surface area contributed by atoms with Crippen molar-refractivity contribution in [2.75, 3.05) is 16.8 Å². The van der Waals surface area contributed by atoms with Gasteiger partial charge in [-0.15, -0.1) is 10.2 Å². The summed E-state index contributed by atoms with van der Waals surface area (Å²) in [4.78, 5) is 24.2. The molecule has 0 unspecified atom stereocenters. The van der Waals surface area contributed by atoms with Gasteiger partial charge in [-0.3, -0.25) is 14.9 Å². The molecule has 23 heavy (non-hydrogen) atoms. The topological polar surface area (TPSA) is 122 Å². The smallest absolute Gasteiger partial charge is 0.273 e. The van der Waals surface area contributed by atoms with Gasteiger partial charge in [0.1, 0.15) is 10.7 Å². The van der Waals surface area contributed by atoms with Crippen LogP contribution in [0.2, 0.25) is 0 Å². The number of carbonyl (C=O) groups excluding carboxylic acids is 2. The summed E-state index contributed by atoms with van der Waals surface area (Å²) in [5.41, 5.74) is 0.196. The Morgan fingerprint density at radius 3 is 2.74 bits per heavy atom. The van der Waals surface area contributed by atoms with Crippen LogP contribution in [0.1, 0.15) is 24.3 Å². The molecule has 11 heteroatoms. The van der Waals surface area contributed by atoms with Crippen molar-refractivity contribution in [1.82, 2.24) is 15.2 Å². The summed E-state index contributed by atoms with van der Waals surface area (Å²) in [6.45, 7) is 1.77. The third kappa shape index (κ3) is 3.55. The summed E-state index contributed by atoms with van der Waals surface area (Å²) in [6.07, 6.45) is 0.707. The molecule has 3 heterocycles. The zero-order valence-electron chi connectivity index (χ0n) is 12.4. The first-order chi connectivity index (χ1) is 10.8. The minimum Gasteiger partial charge on any atom is -0.295 e. The Kier molecular flexibility index (Phi) is 4.15. The normalized spacial score (nSPS) is 23.7. The molecular weight excluding hydrogens is 342 g/mol. The standard InChI is InChI=1S/C12H15N5O4S2/c1-7-14-15-12(22-7)13-11(19)9-2-3-10(18)17(16-9)8-4-5-23(20,21)6-8/h8H,2-6H2,1H3,(H,13,15,19)/t8-/m1/s1. The van der Waals surface area contributed by atoms with Crippen LogP contribution >= 0.6 is 11.3 Å². The lowest BCUT2D eigenvalue weighted by Gasteiger charge is -2.27. The minimum atomic E-state index is -3.13. The lowest BCUT2D eigenvalue weighted by atomic mass is 10.1. The monoisotopic (exact) mass is 357 g/mol. The number of sulfone groups is 1. The van der Waals surface area contributed by atoms with Crippen LogP contribution in [0.4, 0.5) is 5.13 Å². The highest BCUT2D eigenvalue weighted by Crippen LogP contribution is 2.22. The number of rotatable bonds is 3. The van der Waals surface area contributed by atoms with Crippen LogP contribution in [0, 0.1) is 6.92 Å². The molecule has 2 aliphatic rings. The number of anilines is 1. The first-order valence-electron chi connectivity index (χ1n) is 7.05. The Morgan fingerprint density at radius 1 is 1.35 bits per heavy atom. The lowest BCUT2D eigenvalue weighted by Crippen LogP contribution is -2.42. The molecule has 1 aromatic rings. The van der Waals surface area contributed by atoms with Gasteiger partial charge in [-0.1, -0.05) is 11.3 Å². The van der Waals surface area contributed by atoms with Crippen LogP contribution < -0.4 is 5.32 Å². The Bertz CT molecular complexity index is 785. The quantitative estimate of drug-likeness (QED) is 0.809. The Balaban J connectivity index is 1.75. The highest BCUT2D eigenvalue weighted by atomic mass is 32.2. The van der Waals surface area contributed by atoms with E-state index in [1.54, 1.807) is 6.92 Å². The first-order valence-corrected chi connectivity index (χ1v) is 9.69. The molecule has 0 radical (unpaired) electrons. The van der Waals surface area contributed by atoms with Gasteiger partial charge in [0.05, 0.1) is 17.5 Å². The van der Waals surface area contributed by atoms with Gasteiger partial charge in [-0.25, -0.2) is 13.4 Å². The number of amides is 2. The van der Waals surface area contributed by atoms with Gasteiger partial charge >= 0.3 is 0 Å². The molecule has 124 valence electrons. The van der Waals surface area contributed by atoms with Crippen LogP contribution in [0.3, 0.4) is 0 Å². The van der Waals surface area contributed by atoms with Gasteiger partial charge in [0, 0.05) is 12.8 Å². The molecule has 3 rings (SSSR count). The van der Waals surface area contributed by atoms with Crippen molar-refractivity contribution in [2.24, 2.45) is 5.10 Å². The molecule has 1 aromatic heterocycles. The number of nitrogens with zero attached hydrogens (tertiary/aromatic N) is 4. The van der Waals surface area contributed by atoms with Crippen molar-refractivity contribution in [2.45, 2.75) is 32.2 Å². The molecule has 1 saturated heterocycles. The maximum atomic E-state index is 12.2. The summed E-state index contributed by atoms with van der Waals surface area (Å²) in [7, 11) is -3.13. The fourth-order valence-corrected chi connectivity index (χ4v) is 4.78. The molecule has 0 spiro atoms. The van der Waals surface area contributed by atoms with E-state index in [0.29, 0.717) is 11.6 Å². The number of carbonyl (C=O) groups is 2. The van der Waals surface area contributed by atoms with E-state index in [-0.39, 0.29) is 36.0 Å². The molecule has 0 bridgehead atoms. The summed E-state index contributed by atoms with van der Waals surface area (Å²) >= 11 is 1.24. The molecule has 0 aromatic carbocycles. The fourth-order valence-electron chi connectivity index (χ4n) is 2.50. The number of aryl methyl sites for hydroxylation is 1. The van der Waals surface area contributed by atoms with Crippen LogP contribution in [-0.2, 0) is 19.4 Å². The van der Waals surface area contributed by atoms with Crippen molar-refractivity contribution in [3.05, 3.63) is 5.01 Å². The van der Waals surface area contributed by atoms with Gasteiger partial charge in [0.25, 0.3) is 5.91 Å². The number of nitrogens with one attached hydrogen (secondary N) is 1. The Morgan fingerprint density at radius 2 is 2.13 bits per heavy atom. The van der Waals surface area contributed by atoms with E-state index in [4.69, 9.17) is 0 Å². The average Bonchev–Trinajstić information content (AvgIpc) is 3.05. The van der Waals surface area contributed by atoms with E-state index < -0.39 is 21.8 Å². The maximum Gasteiger partial charge on any atom is 0.273 e. The molecule has 1 N–H and O–H groups in total. The average molecular weight is 357 g/mol. The van der Waals surface area contributed by atoms with Gasteiger partial charge in [-0.2, -0.15) is 5.10 Å². The SMILES string of the molecule is Cc1nnc(NC(=O)C2=NN([C@@H]3CCS(=O)(=O)C3)C(=O)CC2)s1. The molecule has 2 aliphatic heterocycles. The predicted octanol–water partition coefficient (Wildman–Crippen LogP) is -0.0495. The molecule has 1 atom stereocenters. The number of aromatic nitrogens is 2. The maximum absolute atomic E-state index is 12.2. The summed E-state index contributed by atoms with van der Waals surface area (Å²) in [5, 5.41) is 16.5. The second-order valence-electron chi connectivity index (χ2n) is 5.42. The zero-order valence-corrected chi connectivity index (χ0v) is 14.0. The van der Waals surface area contributed by atoms with Gasteiger partial charge in [0.2, 0.25) is 11.0 Å². The fraction of sp³-hybridized carbons (Fsp3) is 0.583. The van der Waals surface area contributed by atoms with Gasteiger partial charge < -0.3 is 0 Å². The molecule has 2 amide bonds. The second-order valence-corrected chi connectivity index (χ2v) is 8.83. The third-order valence-electron chi connectivity index (χ3n) is 3.62. The minimum absolute atomic E-state index is 0.0442. The summed E-state index contributed by atoms with van der Waals surface area (Å²) in [6, 6.07) is -0.487. The molecule has 0 aliphatic carbocycles. The second kappa shape index (κ2) is 5.96. The molecule has 0 saturated carbocycles. The van der Waals surface area contributed by atoms with Gasteiger partial charge in [0.15, 0.2) is 9.84 Å². The van der Waals surface area contributed by atoms with E-state index in [1.807, 2.05) is 0 Å². The van der Waals surface area contributed by atoms with E-state index in [9.17, 15) is 18.0 Å². The first kappa shape index (κ1) is 16.0. The number of hydrazone groups is 1. The number of hydrogen-bond acceptors (Lipinski definition) is 8. The van der Waals surface area contributed by atoms with Crippen molar-refractivity contribution < 1.29 is 18.0 Å². The summed E-state index contributed by atoms with van der Waals surface area (Å²) in [5.74, 6) is -0.759. The molecular formula is C12H15N5O4S2. The Hall–Kier alpha value is -1.88. The van der Waals surface area contributed by atoms with Crippen molar-refractivity contribution >= 4 is 43.8 Å². The van der Waals surface area contributed by atoms with Crippen LogP contribution in [0.5, 0.6) is 0 Å². The Labute approximate surface area is 136 Å². The third-order valence-corrected chi connectivity index (χ3v) is 6.13. The lowest BCUT2D eigenvalue weighted by molar-refractivity contribution is -0.133. The molecule has 1 fully saturated rings. The highest BCUT2D eigenvalue weighted by molar-refractivity contribution is 7.91. The van der Waals surface area contributed by atoms with E-state index in [0.717, 1.165) is 10.0 Å². The van der Waals surface area contributed by atoms with Crippen LogP contribution in [-0.4, -0.2) is 58.7 Å². The van der Waals surface area contributed by atoms with Crippen molar-refractivity contribution in [3.8, 4) is 0 Å². The van der Waals surface area contributed by atoms with Crippen LogP contribution in [0.15, 0.2) is 5.10 Å². The van der Waals surface area contributed by atoms with E-state index in [1.165, 1.54) is 11.3 Å². The summed E-state index contributed by atoms with van der Waals surface area (Å²) < 4.78 is 23.1. The largest absolute Gasteiger partial charge is 0.295 e. The van der Waals surface area contributed by atoms with Crippen LogP contribution in [0.25, 0.3) is 0 Å². The van der Waals surface area contributed by atoms with Crippen molar-refractivity contribution in [1.29, 1.82) is 0 Å². The predicted molar refractivity (Wildman–Crippen MR) is 83.8 cm³/mol. The number of hydrogen-bond donors (Lipinski definition) is 1. The van der Waals surface area contributed by atoms with E-state index >= 15 is 0 Å².